The van der Waals surface area contributed by atoms with Gasteiger partial charge in [-0.15, -0.1) is 0 Å². The average molecular weight is 243 g/mol. The molecular formula is C14H29NO2. The predicted molar refractivity (Wildman–Crippen MR) is 71.2 cm³/mol. The Morgan fingerprint density at radius 2 is 1.94 bits per heavy atom. The lowest BCUT2D eigenvalue weighted by Gasteiger charge is -2.35. The summed E-state index contributed by atoms with van der Waals surface area (Å²) < 4.78 is 5.50. The van der Waals surface area contributed by atoms with Crippen LogP contribution in [0.2, 0.25) is 0 Å². The second-order valence-electron chi connectivity index (χ2n) is 5.67. The van der Waals surface area contributed by atoms with Crippen LogP contribution in [0.4, 0.5) is 0 Å². The Morgan fingerprint density at radius 3 is 2.53 bits per heavy atom. The second-order valence-corrected chi connectivity index (χ2v) is 5.67. The number of aliphatic hydroxyl groups excluding tert-OH is 1. The number of ether oxygens (including phenoxy) is 1. The molecule has 1 rings (SSSR count). The molecule has 3 heteroatoms. The van der Waals surface area contributed by atoms with Gasteiger partial charge >= 0.3 is 0 Å². The minimum atomic E-state index is 0.164. The van der Waals surface area contributed by atoms with Gasteiger partial charge in [-0.05, 0) is 39.7 Å². The van der Waals surface area contributed by atoms with Gasteiger partial charge in [0.15, 0.2) is 0 Å². The summed E-state index contributed by atoms with van der Waals surface area (Å²) in [7, 11) is 0. The van der Waals surface area contributed by atoms with Crippen LogP contribution < -0.4 is 5.32 Å². The van der Waals surface area contributed by atoms with E-state index >= 15 is 0 Å². The number of rotatable bonds is 8. The van der Waals surface area contributed by atoms with E-state index in [0.717, 1.165) is 26.1 Å². The lowest BCUT2D eigenvalue weighted by Crippen LogP contribution is -2.39. The molecule has 1 fully saturated rings. The highest BCUT2D eigenvalue weighted by atomic mass is 16.5. The van der Waals surface area contributed by atoms with Crippen LogP contribution in [0, 0.1) is 5.41 Å². The molecule has 0 aromatic rings. The predicted octanol–water partition coefficient (Wildman–Crippen LogP) is 2.33. The van der Waals surface area contributed by atoms with E-state index in [4.69, 9.17) is 4.74 Å². The van der Waals surface area contributed by atoms with Crippen LogP contribution in [0.3, 0.4) is 0 Å². The Kier molecular flexibility index (Phi) is 7.09. The smallest absolute Gasteiger partial charge is 0.0518 e. The van der Waals surface area contributed by atoms with Crippen molar-refractivity contribution in [3.05, 3.63) is 0 Å². The van der Waals surface area contributed by atoms with Gasteiger partial charge in [0.1, 0.15) is 0 Å². The lowest BCUT2D eigenvalue weighted by atomic mass is 9.74. The van der Waals surface area contributed by atoms with Crippen LogP contribution in [0.15, 0.2) is 0 Å². The van der Waals surface area contributed by atoms with Crippen molar-refractivity contribution in [2.75, 3.05) is 26.3 Å². The van der Waals surface area contributed by atoms with E-state index in [-0.39, 0.29) is 5.41 Å². The van der Waals surface area contributed by atoms with Crippen molar-refractivity contribution in [1.29, 1.82) is 0 Å². The third-order valence-electron chi connectivity index (χ3n) is 3.70. The summed E-state index contributed by atoms with van der Waals surface area (Å²) in [6, 6.07) is 0. The first kappa shape index (κ1) is 14.9. The molecule has 0 bridgehead atoms. The van der Waals surface area contributed by atoms with Gasteiger partial charge in [0, 0.05) is 25.2 Å². The molecule has 0 heterocycles. The maximum Gasteiger partial charge on any atom is 0.0518 e. The molecule has 1 saturated carbocycles. The molecule has 102 valence electrons. The molecule has 0 amide bonds. The molecule has 0 aliphatic heterocycles. The molecule has 0 aromatic heterocycles. The standard InChI is InChI=1S/C14H29NO2/c1-13(2)17-10-6-9-15-11-14(12-16)7-4-3-5-8-14/h13,15-16H,3-12H2,1-2H3. The second kappa shape index (κ2) is 8.06. The van der Waals surface area contributed by atoms with Gasteiger partial charge in [-0.3, -0.25) is 0 Å². The Labute approximate surface area is 106 Å². The molecule has 2 N–H and O–H groups in total. The van der Waals surface area contributed by atoms with Crippen molar-refractivity contribution in [2.24, 2.45) is 5.41 Å². The molecule has 0 saturated heterocycles. The van der Waals surface area contributed by atoms with Crippen molar-refractivity contribution in [3.8, 4) is 0 Å². The van der Waals surface area contributed by atoms with Crippen LogP contribution in [-0.2, 0) is 4.74 Å². The lowest BCUT2D eigenvalue weighted by molar-refractivity contribution is 0.0699. The summed E-state index contributed by atoms with van der Waals surface area (Å²) in [5.74, 6) is 0. The van der Waals surface area contributed by atoms with E-state index in [2.05, 4.69) is 19.2 Å². The van der Waals surface area contributed by atoms with Gasteiger partial charge in [-0.25, -0.2) is 0 Å². The Balaban J connectivity index is 2.07. The van der Waals surface area contributed by atoms with Crippen molar-refractivity contribution in [3.63, 3.8) is 0 Å². The van der Waals surface area contributed by atoms with Gasteiger partial charge in [-0.1, -0.05) is 19.3 Å². The van der Waals surface area contributed by atoms with Crippen molar-refractivity contribution < 1.29 is 9.84 Å². The SMILES string of the molecule is CC(C)OCCCNCC1(CO)CCCCC1. The molecule has 0 atom stereocenters. The number of hydrogen-bond donors (Lipinski definition) is 2. The highest BCUT2D eigenvalue weighted by molar-refractivity contribution is 4.84. The number of hydrogen-bond acceptors (Lipinski definition) is 3. The monoisotopic (exact) mass is 243 g/mol. The molecule has 3 nitrogen and oxygen atoms in total. The van der Waals surface area contributed by atoms with Crippen LogP contribution in [0.1, 0.15) is 52.4 Å². The molecule has 1 aliphatic rings. The van der Waals surface area contributed by atoms with Crippen LogP contribution >= 0.6 is 0 Å². The third-order valence-corrected chi connectivity index (χ3v) is 3.70. The minimum Gasteiger partial charge on any atom is -0.396 e. The third kappa shape index (κ3) is 5.84. The fraction of sp³-hybridized carbons (Fsp3) is 1.00. The van der Waals surface area contributed by atoms with E-state index in [1.807, 2.05) is 0 Å². The quantitative estimate of drug-likeness (QED) is 0.643. The first-order valence-electron chi connectivity index (χ1n) is 7.12. The number of nitrogens with one attached hydrogen (secondary N) is 1. The normalized spacial score (nSPS) is 19.8. The molecule has 17 heavy (non-hydrogen) atoms. The molecule has 1 aliphatic carbocycles. The first-order valence-corrected chi connectivity index (χ1v) is 7.12. The summed E-state index contributed by atoms with van der Waals surface area (Å²) >= 11 is 0. The van der Waals surface area contributed by atoms with E-state index < -0.39 is 0 Å². The maximum absolute atomic E-state index is 9.55. The maximum atomic E-state index is 9.55. The van der Waals surface area contributed by atoms with E-state index in [0.29, 0.717) is 12.7 Å². The molecular weight excluding hydrogens is 214 g/mol. The highest BCUT2D eigenvalue weighted by Gasteiger charge is 2.30. The van der Waals surface area contributed by atoms with Gasteiger partial charge in [0.25, 0.3) is 0 Å². The molecule has 0 spiro atoms. The van der Waals surface area contributed by atoms with Gasteiger partial charge in [0.05, 0.1) is 6.10 Å². The van der Waals surface area contributed by atoms with Crippen molar-refractivity contribution in [1.82, 2.24) is 5.32 Å². The van der Waals surface area contributed by atoms with Crippen LogP contribution in [-0.4, -0.2) is 37.5 Å². The first-order chi connectivity index (χ1) is 8.18. The number of aliphatic hydroxyl groups is 1. The zero-order chi connectivity index (χ0) is 12.6. The van der Waals surface area contributed by atoms with Gasteiger partial charge in [0.2, 0.25) is 0 Å². The molecule has 0 radical (unpaired) electrons. The summed E-state index contributed by atoms with van der Waals surface area (Å²) in [6.45, 7) is 7.26. The summed E-state index contributed by atoms with van der Waals surface area (Å²) in [6.07, 6.45) is 7.64. The fourth-order valence-corrected chi connectivity index (χ4v) is 2.56. The van der Waals surface area contributed by atoms with Gasteiger partial charge < -0.3 is 15.2 Å². The summed E-state index contributed by atoms with van der Waals surface area (Å²) in [5, 5.41) is 13.0. The summed E-state index contributed by atoms with van der Waals surface area (Å²) in [5.41, 5.74) is 0.164. The zero-order valence-corrected chi connectivity index (χ0v) is 11.5. The topological polar surface area (TPSA) is 41.5 Å². The van der Waals surface area contributed by atoms with Crippen molar-refractivity contribution >= 4 is 0 Å². The Morgan fingerprint density at radius 1 is 1.24 bits per heavy atom. The zero-order valence-electron chi connectivity index (χ0n) is 11.5. The van der Waals surface area contributed by atoms with Crippen LogP contribution in [0.25, 0.3) is 0 Å². The Bertz CT molecular complexity index is 189. The fourth-order valence-electron chi connectivity index (χ4n) is 2.56. The highest BCUT2D eigenvalue weighted by Crippen LogP contribution is 2.35. The Hall–Kier alpha value is -0.120. The van der Waals surface area contributed by atoms with E-state index in [1.54, 1.807) is 0 Å². The van der Waals surface area contributed by atoms with E-state index in [1.165, 1.54) is 32.1 Å². The summed E-state index contributed by atoms with van der Waals surface area (Å²) in [4.78, 5) is 0. The largest absolute Gasteiger partial charge is 0.396 e. The van der Waals surface area contributed by atoms with E-state index in [9.17, 15) is 5.11 Å². The molecule has 0 unspecified atom stereocenters. The van der Waals surface area contributed by atoms with Crippen LogP contribution in [0.5, 0.6) is 0 Å². The van der Waals surface area contributed by atoms with Crippen molar-refractivity contribution in [2.45, 2.75) is 58.5 Å². The average Bonchev–Trinajstić information content (AvgIpc) is 2.34. The minimum absolute atomic E-state index is 0.164. The molecule has 0 aromatic carbocycles. The van der Waals surface area contributed by atoms with Gasteiger partial charge in [-0.2, -0.15) is 0 Å².